The van der Waals surface area contributed by atoms with Gasteiger partial charge in [0.2, 0.25) is 11.0 Å². The minimum absolute atomic E-state index is 0.160. The van der Waals surface area contributed by atoms with Crippen LogP contribution in [0.2, 0.25) is 0 Å². The molecule has 0 aliphatic rings. The van der Waals surface area contributed by atoms with Gasteiger partial charge in [0.25, 0.3) is 0 Å². The molecule has 96 valence electrons. The Morgan fingerprint density at radius 1 is 1.35 bits per heavy atom. The third-order valence-electron chi connectivity index (χ3n) is 2.08. The Bertz CT molecular complexity index is 350. The Morgan fingerprint density at radius 2 is 2.00 bits per heavy atom. The number of hydrogen-bond donors (Lipinski definition) is 1. The van der Waals surface area contributed by atoms with Gasteiger partial charge >= 0.3 is 0 Å². The lowest BCUT2D eigenvalue weighted by Crippen LogP contribution is -2.33. The molecule has 0 radical (unpaired) electrons. The summed E-state index contributed by atoms with van der Waals surface area (Å²) in [7, 11) is 0. The van der Waals surface area contributed by atoms with Gasteiger partial charge in [-0.05, 0) is 12.8 Å². The second-order valence-electron chi connectivity index (χ2n) is 3.58. The number of nitrogen functional groups attached to an aromatic ring is 1. The van der Waals surface area contributed by atoms with Crippen molar-refractivity contribution in [1.82, 2.24) is 15.1 Å². The van der Waals surface area contributed by atoms with Crippen LogP contribution in [0, 0.1) is 0 Å². The smallest absolute Gasteiger partial charge is 0.233 e. The van der Waals surface area contributed by atoms with E-state index in [1.54, 1.807) is 0 Å². The number of carbonyl (C=O) groups excluding carboxylic acids is 1. The lowest BCUT2D eigenvalue weighted by atomic mass is 10.3. The fourth-order valence-corrected chi connectivity index (χ4v) is 2.93. The molecule has 1 aromatic heterocycles. The van der Waals surface area contributed by atoms with Gasteiger partial charge in [0.05, 0.1) is 5.75 Å². The van der Waals surface area contributed by atoms with Crippen LogP contribution in [0.15, 0.2) is 4.34 Å². The van der Waals surface area contributed by atoms with Gasteiger partial charge < -0.3 is 10.6 Å². The van der Waals surface area contributed by atoms with Crippen LogP contribution in [0.25, 0.3) is 0 Å². The first-order valence-electron chi connectivity index (χ1n) is 5.66. The molecule has 0 aliphatic heterocycles. The van der Waals surface area contributed by atoms with Crippen LogP contribution in [-0.4, -0.2) is 39.8 Å². The van der Waals surface area contributed by atoms with Crippen molar-refractivity contribution in [2.24, 2.45) is 0 Å². The third kappa shape index (κ3) is 4.91. The highest BCUT2D eigenvalue weighted by Crippen LogP contribution is 2.23. The van der Waals surface area contributed by atoms with Gasteiger partial charge in [-0.2, -0.15) is 0 Å². The van der Waals surface area contributed by atoms with Crippen LogP contribution in [0.4, 0.5) is 5.13 Å². The van der Waals surface area contributed by atoms with Crippen molar-refractivity contribution in [2.45, 2.75) is 31.0 Å². The molecule has 0 aromatic carbocycles. The van der Waals surface area contributed by atoms with E-state index in [0.717, 1.165) is 30.3 Å². The van der Waals surface area contributed by atoms with E-state index in [-0.39, 0.29) is 5.91 Å². The molecule has 1 heterocycles. The molecule has 0 saturated carbocycles. The van der Waals surface area contributed by atoms with Gasteiger partial charge in [-0.3, -0.25) is 4.79 Å². The SMILES string of the molecule is CCCN(CCC)C(=O)CSc1nnc(N)s1. The van der Waals surface area contributed by atoms with E-state index in [2.05, 4.69) is 24.0 Å². The largest absolute Gasteiger partial charge is 0.374 e. The van der Waals surface area contributed by atoms with E-state index in [0.29, 0.717) is 10.9 Å². The number of aromatic nitrogens is 2. The van der Waals surface area contributed by atoms with E-state index in [4.69, 9.17) is 5.73 Å². The van der Waals surface area contributed by atoms with Crippen molar-refractivity contribution in [3.8, 4) is 0 Å². The monoisotopic (exact) mass is 274 g/mol. The third-order valence-corrected chi connectivity index (χ3v) is 3.95. The van der Waals surface area contributed by atoms with Crippen molar-refractivity contribution in [3.05, 3.63) is 0 Å². The first kappa shape index (κ1) is 14.2. The molecule has 0 bridgehead atoms. The number of rotatable bonds is 7. The molecule has 0 saturated heterocycles. The van der Waals surface area contributed by atoms with E-state index < -0.39 is 0 Å². The summed E-state index contributed by atoms with van der Waals surface area (Å²) in [5.41, 5.74) is 5.48. The van der Waals surface area contributed by atoms with Gasteiger partial charge in [-0.25, -0.2) is 0 Å². The Kier molecular flexibility index (Phi) is 6.28. The standard InChI is InChI=1S/C10H18N4OS2/c1-3-5-14(6-4-2)8(15)7-16-10-13-12-9(11)17-10/h3-7H2,1-2H3,(H2,11,12). The maximum atomic E-state index is 11.9. The molecule has 0 fully saturated rings. The molecule has 1 amide bonds. The van der Waals surface area contributed by atoms with Gasteiger partial charge in [0.15, 0.2) is 4.34 Å². The Morgan fingerprint density at radius 3 is 2.47 bits per heavy atom. The Labute approximate surface area is 110 Å². The van der Waals surface area contributed by atoms with E-state index >= 15 is 0 Å². The number of anilines is 1. The Hall–Kier alpha value is -0.820. The van der Waals surface area contributed by atoms with Crippen molar-refractivity contribution in [2.75, 3.05) is 24.6 Å². The summed E-state index contributed by atoms with van der Waals surface area (Å²) in [6.45, 7) is 5.81. The van der Waals surface area contributed by atoms with Crippen LogP contribution in [0.1, 0.15) is 26.7 Å². The normalized spacial score (nSPS) is 10.5. The lowest BCUT2D eigenvalue weighted by molar-refractivity contribution is -0.128. The molecule has 1 aromatic rings. The van der Waals surface area contributed by atoms with Crippen molar-refractivity contribution < 1.29 is 4.79 Å². The summed E-state index contributed by atoms with van der Waals surface area (Å²) >= 11 is 2.72. The minimum Gasteiger partial charge on any atom is -0.374 e. The molecule has 5 nitrogen and oxygen atoms in total. The number of amides is 1. The zero-order chi connectivity index (χ0) is 12.7. The molecule has 0 unspecified atom stereocenters. The van der Waals surface area contributed by atoms with Crippen molar-refractivity contribution in [3.63, 3.8) is 0 Å². The highest BCUT2D eigenvalue weighted by Gasteiger charge is 2.13. The van der Waals surface area contributed by atoms with Crippen LogP contribution >= 0.6 is 23.1 Å². The number of hydrogen-bond acceptors (Lipinski definition) is 6. The maximum Gasteiger partial charge on any atom is 0.233 e. The highest BCUT2D eigenvalue weighted by molar-refractivity contribution is 8.01. The van der Waals surface area contributed by atoms with Crippen molar-refractivity contribution >= 4 is 34.1 Å². The topological polar surface area (TPSA) is 72.1 Å². The van der Waals surface area contributed by atoms with Gasteiger partial charge in [-0.15, -0.1) is 10.2 Å². The predicted molar refractivity (Wildman–Crippen MR) is 72.2 cm³/mol. The molecule has 1 rings (SSSR count). The van der Waals surface area contributed by atoms with Crippen LogP contribution in [0.3, 0.4) is 0 Å². The van der Waals surface area contributed by atoms with Gasteiger partial charge in [0.1, 0.15) is 0 Å². The van der Waals surface area contributed by atoms with Crippen LogP contribution in [-0.2, 0) is 4.79 Å². The zero-order valence-electron chi connectivity index (χ0n) is 10.2. The minimum atomic E-state index is 0.160. The first-order chi connectivity index (χ1) is 8.17. The molecular formula is C10H18N4OS2. The molecular weight excluding hydrogens is 256 g/mol. The quantitative estimate of drug-likeness (QED) is 0.768. The average molecular weight is 274 g/mol. The number of thioether (sulfide) groups is 1. The summed E-state index contributed by atoms with van der Waals surface area (Å²) in [5, 5.41) is 8.03. The summed E-state index contributed by atoms with van der Waals surface area (Å²) in [5.74, 6) is 0.571. The molecule has 0 atom stereocenters. The summed E-state index contributed by atoms with van der Waals surface area (Å²) in [6, 6.07) is 0. The van der Waals surface area contributed by atoms with Crippen molar-refractivity contribution in [1.29, 1.82) is 0 Å². The molecule has 17 heavy (non-hydrogen) atoms. The predicted octanol–water partition coefficient (Wildman–Crippen LogP) is 1.86. The first-order valence-corrected chi connectivity index (χ1v) is 7.47. The van der Waals surface area contributed by atoms with Crippen LogP contribution < -0.4 is 5.73 Å². The molecule has 2 N–H and O–H groups in total. The number of carbonyl (C=O) groups is 1. The highest BCUT2D eigenvalue weighted by atomic mass is 32.2. The second kappa shape index (κ2) is 7.50. The summed E-state index contributed by atoms with van der Waals surface area (Å²) in [6.07, 6.45) is 1.98. The second-order valence-corrected chi connectivity index (χ2v) is 5.81. The number of nitrogens with two attached hydrogens (primary N) is 1. The van der Waals surface area contributed by atoms with E-state index in [1.165, 1.54) is 23.1 Å². The number of nitrogens with zero attached hydrogens (tertiary/aromatic N) is 3. The van der Waals surface area contributed by atoms with E-state index in [9.17, 15) is 4.79 Å². The molecule has 0 aliphatic carbocycles. The fraction of sp³-hybridized carbons (Fsp3) is 0.700. The molecule has 0 spiro atoms. The summed E-state index contributed by atoms with van der Waals surface area (Å²) in [4.78, 5) is 13.8. The zero-order valence-corrected chi connectivity index (χ0v) is 11.8. The lowest BCUT2D eigenvalue weighted by Gasteiger charge is -2.20. The molecule has 7 heteroatoms. The van der Waals surface area contributed by atoms with Gasteiger partial charge in [0, 0.05) is 13.1 Å². The van der Waals surface area contributed by atoms with Gasteiger partial charge in [-0.1, -0.05) is 36.9 Å². The average Bonchev–Trinajstić information content (AvgIpc) is 2.72. The fourth-order valence-electron chi connectivity index (χ4n) is 1.39. The van der Waals surface area contributed by atoms with E-state index in [1.807, 2.05) is 4.90 Å². The Balaban J connectivity index is 2.41. The van der Waals surface area contributed by atoms with Crippen LogP contribution in [0.5, 0.6) is 0 Å². The summed E-state index contributed by atoms with van der Waals surface area (Å²) < 4.78 is 0.754. The maximum absolute atomic E-state index is 11.9.